The SMILES string of the molecule is C/C=C/C=C/C(=O)N1CCC2(CC1)CC(=O)c1ccc(OC)cc1O2. The summed E-state index contributed by atoms with van der Waals surface area (Å²) in [6, 6.07) is 5.30. The molecule has 0 bridgehead atoms. The second kappa shape index (κ2) is 7.13. The van der Waals surface area contributed by atoms with Crippen LogP contribution in [0.2, 0.25) is 0 Å². The summed E-state index contributed by atoms with van der Waals surface area (Å²) < 4.78 is 11.5. The van der Waals surface area contributed by atoms with Gasteiger partial charge in [0.1, 0.15) is 17.1 Å². The maximum Gasteiger partial charge on any atom is 0.246 e. The number of Topliss-reactive ketones (excluding diaryl/α,β-unsaturated/α-hetero) is 1. The zero-order valence-corrected chi connectivity index (χ0v) is 14.7. The highest BCUT2D eigenvalue weighted by Gasteiger charge is 2.43. The van der Waals surface area contributed by atoms with E-state index in [0.29, 0.717) is 49.4 Å². The van der Waals surface area contributed by atoms with Crippen LogP contribution in [-0.4, -0.2) is 42.4 Å². The zero-order chi connectivity index (χ0) is 17.9. The Kier molecular flexibility index (Phi) is 4.93. The topological polar surface area (TPSA) is 55.8 Å². The predicted octanol–water partition coefficient (Wildman–Crippen LogP) is 3.15. The monoisotopic (exact) mass is 341 g/mol. The molecule has 0 N–H and O–H groups in total. The highest BCUT2D eigenvalue weighted by atomic mass is 16.5. The Hall–Kier alpha value is -2.56. The number of likely N-dealkylation sites (tertiary alicyclic amines) is 1. The van der Waals surface area contributed by atoms with Crippen LogP contribution in [0, 0.1) is 0 Å². The Bertz CT molecular complexity index is 727. The summed E-state index contributed by atoms with van der Waals surface area (Å²) in [5.41, 5.74) is 0.0968. The summed E-state index contributed by atoms with van der Waals surface area (Å²) in [5.74, 6) is 1.35. The van der Waals surface area contributed by atoms with Gasteiger partial charge in [0.05, 0.1) is 19.1 Å². The van der Waals surface area contributed by atoms with Crippen molar-refractivity contribution < 1.29 is 19.1 Å². The first-order valence-corrected chi connectivity index (χ1v) is 8.55. The Labute approximate surface area is 147 Å². The van der Waals surface area contributed by atoms with E-state index in [1.54, 1.807) is 42.4 Å². The van der Waals surface area contributed by atoms with Crippen molar-refractivity contribution in [3.63, 3.8) is 0 Å². The minimum atomic E-state index is -0.514. The number of ketones is 1. The number of amides is 1. The highest BCUT2D eigenvalue weighted by molar-refractivity contribution is 6.00. The first-order valence-electron chi connectivity index (χ1n) is 8.55. The second-order valence-electron chi connectivity index (χ2n) is 6.46. The predicted molar refractivity (Wildman–Crippen MR) is 95.1 cm³/mol. The number of fused-ring (bicyclic) bond motifs is 1. The fourth-order valence-corrected chi connectivity index (χ4v) is 3.37. The molecule has 132 valence electrons. The van der Waals surface area contributed by atoms with E-state index in [4.69, 9.17) is 9.47 Å². The Balaban J connectivity index is 1.71. The van der Waals surface area contributed by atoms with Gasteiger partial charge in [-0.1, -0.05) is 18.2 Å². The molecule has 0 radical (unpaired) electrons. The van der Waals surface area contributed by atoms with Crippen LogP contribution in [0.1, 0.15) is 36.5 Å². The van der Waals surface area contributed by atoms with Gasteiger partial charge in [-0.3, -0.25) is 9.59 Å². The minimum Gasteiger partial charge on any atom is -0.497 e. The van der Waals surface area contributed by atoms with E-state index in [9.17, 15) is 9.59 Å². The number of methoxy groups -OCH3 is 1. The standard InChI is InChI=1S/C20H23NO4/c1-3-4-5-6-19(23)21-11-9-20(10-12-21)14-17(22)16-8-7-15(24-2)13-18(16)25-20/h3-8,13H,9-12,14H2,1-2H3/b4-3+,6-5+. The lowest BCUT2D eigenvalue weighted by molar-refractivity contribution is -0.129. The number of hydrogen-bond donors (Lipinski definition) is 0. The molecule has 0 saturated carbocycles. The van der Waals surface area contributed by atoms with Crippen LogP contribution in [0.25, 0.3) is 0 Å². The first kappa shape index (κ1) is 17.3. The Morgan fingerprint density at radius 2 is 2.04 bits per heavy atom. The summed E-state index contributed by atoms with van der Waals surface area (Å²) in [6.45, 7) is 3.08. The molecule has 1 aromatic rings. The van der Waals surface area contributed by atoms with Gasteiger partial charge in [-0.05, 0) is 19.1 Å². The number of nitrogens with zero attached hydrogens (tertiary/aromatic N) is 1. The highest BCUT2D eigenvalue weighted by Crippen LogP contribution is 2.40. The van der Waals surface area contributed by atoms with Crippen molar-refractivity contribution in [2.24, 2.45) is 0 Å². The molecule has 5 heteroatoms. The second-order valence-corrected chi connectivity index (χ2v) is 6.46. The minimum absolute atomic E-state index is 0.00263. The maximum atomic E-state index is 12.5. The number of hydrogen-bond acceptors (Lipinski definition) is 4. The molecule has 1 fully saturated rings. The van der Waals surface area contributed by atoms with Crippen LogP contribution in [0.3, 0.4) is 0 Å². The van der Waals surface area contributed by atoms with Gasteiger partial charge in [0.2, 0.25) is 5.91 Å². The van der Waals surface area contributed by atoms with Gasteiger partial charge in [0.25, 0.3) is 0 Å². The van der Waals surface area contributed by atoms with Crippen molar-refractivity contribution in [2.75, 3.05) is 20.2 Å². The molecule has 0 aliphatic carbocycles. The van der Waals surface area contributed by atoms with Crippen LogP contribution < -0.4 is 9.47 Å². The van der Waals surface area contributed by atoms with E-state index in [1.165, 1.54) is 0 Å². The third kappa shape index (κ3) is 3.60. The molecule has 2 heterocycles. The normalized spacial score (nSPS) is 19.3. The van der Waals surface area contributed by atoms with Crippen molar-refractivity contribution >= 4 is 11.7 Å². The van der Waals surface area contributed by atoms with Crippen LogP contribution >= 0.6 is 0 Å². The Morgan fingerprint density at radius 3 is 2.72 bits per heavy atom. The molecule has 0 atom stereocenters. The van der Waals surface area contributed by atoms with Gasteiger partial charge < -0.3 is 14.4 Å². The molecule has 1 saturated heterocycles. The van der Waals surface area contributed by atoms with Crippen LogP contribution in [0.4, 0.5) is 0 Å². The fourth-order valence-electron chi connectivity index (χ4n) is 3.37. The molecule has 2 aliphatic rings. The van der Waals surface area contributed by atoms with E-state index in [1.807, 2.05) is 19.1 Å². The molecule has 5 nitrogen and oxygen atoms in total. The maximum absolute atomic E-state index is 12.5. The average Bonchev–Trinajstić information content (AvgIpc) is 2.61. The molecule has 2 aliphatic heterocycles. The number of carbonyl (C=O) groups is 2. The molecule has 0 unspecified atom stereocenters. The number of piperidine rings is 1. The van der Waals surface area contributed by atoms with Crippen molar-refractivity contribution in [3.05, 3.63) is 48.1 Å². The molecule has 3 rings (SSSR count). The smallest absolute Gasteiger partial charge is 0.246 e. The van der Waals surface area contributed by atoms with Gasteiger partial charge in [0.15, 0.2) is 5.78 Å². The number of ether oxygens (including phenoxy) is 2. The van der Waals surface area contributed by atoms with E-state index in [-0.39, 0.29) is 11.7 Å². The van der Waals surface area contributed by atoms with Gasteiger partial charge in [0, 0.05) is 38.1 Å². The number of carbonyl (C=O) groups excluding carboxylic acids is 2. The van der Waals surface area contributed by atoms with Crippen LogP contribution in [0.15, 0.2) is 42.5 Å². The lowest BCUT2D eigenvalue weighted by atomic mass is 9.82. The lowest BCUT2D eigenvalue weighted by Gasteiger charge is -2.43. The molecular weight excluding hydrogens is 318 g/mol. The fraction of sp³-hybridized carbons (Fsp3) is 0.400. The van der Waals surface area contributed by atoms with Gasteiger partial charge in [-0.2, -0.15) is 0 Å². The van der Waals surface area contributed by atoms with Crippen molar-refractivity contribution in [1.29, 1.82) is 0 Å². The van der Waals surface area contributed by atoms with E-state index >= 15 is 0 Å². The van der Waals surface area contributed by atoms with Crippen LogP contribution in [0.5, 0.6) is 11.5 Å². The van der Waals surface area contributed by atoms with Crippen molar-refractivity contribution in [3.8, 4) is 11.5 Å². The number of rotatable bonds is 3. The van der Waals surface area contributed by atoms with Gasteiger partial charge >= 0.3 is 0 Å². The van der Waals surface area contributed by atoms with Crippen LogP contribution in [-0.2, 0) is 4.79 Å². The number of allylic oxidation sites excluding steroid dienone is 3. The largest absolute Gasteiger partial charge is 0.497 e. The third-order valence-corrected chi connectivity index (χ3v) is 4.83. The molecule has 1 spiro atoms. The Morgan fingerprint density at radius 1 is 1.28 bits per heavy atom. The number of benzene rings is 1. The van der Waals surface area contributed by atoms with E-state index < -0.39 is 5.60 Å². The quantitative estimate of drug-likeness (QED) is 0.626. The summed E-state index contributed by atoms with van der Waals surface area (Å²) in [6.07, 6.45) is 8.69. The summed E-state index contributed by atoms with van der Waals surface area (Å²) in [5, 5.41) is 0. The van der Waals surface area contributed by atoms with Crippen molar-refractivity contribution in [2.45, 2.75) is 31.8 Å². The molecule has 1 amide bonds. The van der Waals surface area contributed by atoms with Gasteiger partial charge in [-0.25, -0.2) is 0 Å². The molecule has 0 aromatic heterocycles. The summed E-state index contributed by atoms with van der Waals surface area (Å²) in [7, 11) is 1.59. The van der Waals surface area contributed by atoms with E-state index in [0.717, 1.165) is 0 Å². The molecule has 25 heavy (non-hydrogen) atoms. The molecular formula is C20H23NO4. The molecule has 1 aromatic carbocycles. The lowest BCUT2D eigenvalue weighted by Crippen LogP contribution is -2.52. The summed E-state index contributed by atoms with van der Waals surface area (Å²) in [4.78, 5) is 26.5. The van der Waals surface area contributed by atoms with Crippen molar-refractivity contribution in [1.82, 2.24) is 4.90 Å². The van der Waals surface area contributed by atoms with E-state index in [2.05, 4.69) is 0 Å². The summed E-state index contributed by atoms with van der Waals surface area (Å²) >= 11 is 0. The zero-order valence-electron chi connectivity index (χ0n) is 14.7. The van der Waals surface area contributed by atoms with Gasteiger partial charge in [-0.15, -0.1) is 0 Å². The average molecular weight is 341 g/mol. The third-order valence-electron chi connectivity index (χ3n) is 4.83. The first-order chi connectivity index (χ1) is 12.1.